The highest BCUT2D eigenvalue weighted by Gasteiger charge is 2.07. The second-order valence-electron chi connectivity index (χ2n) is 3.07. The minimum atomic E-state index is 0.678. The Morgan fingerprint density at radius 1 is 1.33 bits per heavy atom. The Kier molecular flexibility index (Phi) is 4.74. The fraction of sp³-hybridized carbons (Fsp3) is 0.889. The van der Waals surface area contributed by atoms with E-state index in [1.165, 1.54) is 0 Å². The second-order valence-corrected chi connectivity index (χ2v) is 3.07. The molecule has 1 heterocycles. The summed E-state index contributed by atoms with van der Waals surface area (Å²) in [5.74, 6) is 0. The Morgan fingerprint density at radius 2 is 2.25 bits per heavy atom. The van der Waals surface area contributed by atoms with E-state index in [4.69, 9.17) is 10.00 Å². The molecule has 1 aliphatic heterocycles. The smallest absolute Gasteiger partial charge is 0.0622 e. The third kappa shape index (κ3) is 3.70. The zero-order chi connectivity index (χ0) is 8.65. The standard InChI is InChI=1S/C9H16N2O/c10-4-1-2-5-11-6-3-8-12-9-7-11/h1-3,5-9H2. The molecule has 68 valence electrons. The fourth-order valence-corrected chi connectivity index (χ4v) is 1.40. The summed E-state index contributed by atoms with van der Waals surface area (Å²) >= 11 is 0. The van der Waals surface area contributed by atoms with Crippen LogP contribution in [0.2, 0.25) is 0 Å². The van der Waals surface area contributed by atoms with Crippen LogP contribution in [0.5, 0.6) is 0 Å². The molecule has 3 heteroatoms. The molecule has 1 fully saturated rings. The van der Waals surface area contributed by atoms with Crippen molar-refractivity contribution in [2.24, 2.45) is 0 Å². The summed E-state index contributed by atoms with van der Waals surface area (Å²) < 4.78 is 5.32. The molecular formula is C9H16N2O. The van der Waals surface area contributed by atoms with Gasteiger partial charge in [0.15, 0.2) is 0 Å². The van der Waals surface area contributed by atoms with Gasteiger partial charge in [0.25, 0.3) is 0 Å². The maximum absolute atomic E-state index is 8.36. The molecule has 0 bridgehead atoms. The molecule has 0 N–H and O–H groups in total. The van der Waals surface area contributed by atoms with Gasteiger partial charge in [-0.25, -0.2) is 0 Å². The van der Waals surface area contributed by atoms with Crippen molar-refractivity contribution in [3.63, 3.8) is 0 Å². The highest BCUT2D eigenvalue weighted by molar-refractivity contribution is 4.70. The van der Waals surface area contributed by atoms with Crippen LogP contribution in [0.25, 0.3) is 0 Å². The fourth-order valence-electron chi connectivity index (χ4n) is 1.40. The molecule has 0 aliphatic carbocycles. The molecule has 0 saturated carbocycles. The number of rotatable bonds is 3. The number of nitrogens with zero attached hydrogens (tertiary/aromatic N) is 2. The lowest BCUT2D eigenvalue weighted by Crippen LogP contribution is -2.27. The number of unbranched alkanes of at least 4 members (excludes halogenated alkanes) is 1. The van der Waals surface area contributed by atoms with Crippen molar-refractivity contribution in [2.75, 3.05) is 32.8 Å². The van der Waals surface area contributed by atoms with E-state index in [0.717, 1.165) is 45.7 Å². The molecule has 0 amide bonds. The normalized spacial score (nSPS) is 19.9. The van der Waals surface area contributed by atoms with E-state index in [9.17, 15) is 0 Å². The maximum atomic E-state index is 8.36. The highest BCUT2D eigenvalue weighted by Crippen LogP contribution is 2.00. The van der Waals surface area contributed by atoms with Crippen molar-refractivity contribution >= 4 is 0 Å². The minimum absolute atomic E-state index is 0.678. The van der Waals surface area contributed by atoms with E-state index in [1.54, 1.807) is 0 Å². The van der Waals surface area contributed by atoms with Gasteiger partial charge < -0.3 is 9.64 Å². The lowest BCUT2D eigenvalue weighted by Gasteiger charge is -2.17. The Balaban J connectivity index is 2.08. The Labute approximate surface area is 73.9 Å². The van der Waals surface area contributed by atoms with Crippen LogP contribution in [0.4, 0.5) is 0 Å². The van der Waals surface area contributed by atoms with Gasteiger partial charge in [-0.1, -0.05) is 0 Å². The number of ether oxygens (including phenoxy) is 1. The van der Waals surface area contributed by atoms with Gasteiger partial charge in [0.1, 0.15) is 0 Å². The van der Waals surface area contributed by atoms with Gasteiger partial charge in [-0.05, 0) is 19.4 Å². The summed E-state index contributed by atoms with van der Waals surface area (Å²) in [6, 6.07) is 2.16. The zero-order valence-corrected chi connectivity index (χ0v) is 7.46. The SMILES string of the molecule is N#CCCCN1CCCOCC1. The first-order chi connectivity index (χ1) is 5.93. The van der Waals surface area contributed by atoms with E-state index >= 15 is 0 Å². The molecule has 0 aromatic rings. The van der Waals surface area contributed by atoms with Crippen LogP contribution < -0.4 is 0 Å². The Hall–Kier alpha value is -0.590. The summed E-state index contributed by atoms with van der Waals surface area (Å²) in [4.78, 5) is 2.38. The molecular weight excluding hydrogens is 152 g/mol. The molecule has 0 unspecified atom stereocenters. The van der Waals surface area contributed by atoms with E-state index in [0.29, 0.717) is 6.42 Å². The lowest BCUT2D eigenvalue weighted by molar-refractivity contribution is 0.141. The van der Waals surface area contributed by atoms with Gasteiger partial charge in [0, 0.05) is 26.1 Å². The van der Waals surface area contributed by atoms with Crippen molar-refractivity contribution in [3.8, 4) is 6.07 Å². The first-order valence-corrected chi connectivity index (χ1v) is 4.60. The van der Waals surface area contributed by atoms with E-state index in [2.05, 4.69) is 11.0 Å². The van der Waals surface area contributed by atoms with Crippen LogP contribution in [-0.4, -0.2) is 37.7 Å². The van der Waals surface area contributed by atoms with Crippen molar-refractivity contribution in [1.29, 1.82) is 5.26 Å². The van der Waals surface area contributed by atoms with Crippen molar-refractivity contribution in [2.45, 2.75) is 19.3 Å². The van der Waals surface area contributed by atoms with Crippen LogP contribution in [0.15, 0.2) is 0 Å². The van der Waals surface area contributed by atoms with Crippen LogP contribution in [0.3, 0.4) is 0 Å². The van der Waals surface area contributed by atoms with Crippen LogP contribution in [0, 0.1) is 11.3 Å². The van der Waals surface area contributed by atoms with Gasteiger partial charge in [0.2, 0.25) is 0 Å². The van der Waals surface area contributed by atoms with Gasteiger partial charge in [-0.3, -0.25) is 0 Å². The van der Waals surface area contributed by atoms with E-state index in [-0.39, 0.29) is 0 Å². The third-order valence-electron chi connectivity index (χ3n) is 2.08. The molecule has 12 heavy (non-hydrogen) atoms. The number of nitriles is 1. The molecule has 0 radical (unpaired) electrons. The molecule has 0 aromatic heterocycles. The Bertz CT molecular complexity index is 145. The van der Waals surface area contributed by atoms with Gasteiger partial charge in [0.05, 0.1) is 12.7 Å². The minimum Gasteiger partial charge on any atom is -0.380 e. The summed E-state index contributed by atoms with van der Waals surface area (Å²) in [5.41, 5.74) is 0. The predicted molar refractivity (Wildman–Crippen MR) is 46.7 cm³/mol. The molecule has 1 rings (SSSR count). The second kappa shape index (κ2) is 5.99. The van der Waals surface area contributed by atoms with Crippen molar-refractivity contribution < 1.29 is 4.74 Å². The summed E-state index contributed by atoms with van der Waals surface area (Å²) in [5, 5.41) is 8.36. The zero-order valence-electron chi connectivity index (χ0n) is 7.46. The number of hydrogen-bond donors (Lipinski definition) is 0. The molecule has 0 aromatic carbocycles. The molecule has 1 saturated heterocycles. The first kappa shape index (κ1) is 9.50. The van der Waals surface area contributed by atoms with E-state index < -0.39 is 0 Å². The third-order valence-corrected chi connectivity index (χ3v) is 2.08. The summed E-state index contributed by atoms with van der Waals surface area (Å²) in [7, 11) is 0. The molecule has 0 atom stereocenters. The lowest BCUT2D eigenvalue weighted by atomic mass is 10.3. The summed E-state index contributed by atoms with van der Waals surface area (Å²) in [6.45, 7) is 4.97. The average Bonchev–Trinajstić information content (AvgIpc) is 2.33. The van der Waals surface area contributed by atoms with Crippen LogP contribution in [0.1, 0.15) is 19.3 Å². The van der Waals surface area contributed by atoms with Gasteiger partial charge >= 0.3 is 0 Å². The van der Waals surface area contributed by atoms with Gasteiger partial charge in [-0.15, -0.1) is 0 Å². The predicted octanol–water partition coefficient (Wildman–Crippen LogP) is 1.01. The largest absolute Gasteiger partial charge is 0.380 e. The average molecular weight is 168 g/mol. The number of hydrogen-bond acceptors (Lipinski definition) is 3. The van der Waals surface area contributed by atoms with Crippen molar-refractivity contribution in [3.05, 3.63) is 0 Å². The molecule has 1 aliphatic rings. The monoisotopic (exact) mass is 168 g/mol. The van der Waals surface area contributed by atoms with Crippen molar-refractivity contribution in [1.82, 2.24) is 4.90 Å². The van der Waals surface area contributed by atoms with Crippen LogP contribution >= 0.6 is 0 Å². The summed E-state index contributed by atoms with van der Waals surface area (Å²) in [6.07, 6.45) is 2.81. The topological polar surface area (TPSA) is 36.3 Å². The maximum Gasteiger partial charge on any atom is 0.0622 e. The van der Waals surface area contributed by atoms with E-state index in [1.807, 2.05) is 0 Å². The first-order valence-electron chi connectivity index (χ1n) is 4.60. The molecule has 0 spiro atoms. The van der Waals surface area contributed by atoms with Crippen LogP contribution in [-0.2, 0) is 4.74 Å². The van der Waals surface area contributed by atoms with Gasteiger partial charge in [-0.2, -0.15) is 5.26 Å². The molecule has 3 nitrogen and oxygen atoms in total. The quantitative estimate of drug-likeness (QED) is 0.590. The highest BCUT2D eigenvalue weighted by atomic mass is 16.5. The Morgan fingerprint density at radius 3 is 3.08 bits per heavy atom.